The van der Waals surface area contributed by atoms with Crippen LogP contribution in [0.1, 0.15) is 12.5 Å². The van der Waals surface area contributed by atoms with Crippen LogP contribution < -0.4 is 14.9 Å². The molecule has 0 saturated heterocycles. The monoisotopic (exact) mass is 480 g/mol. The van der Waals surface area contributed by atoms with E-state index in [1.807, 2.05) is 43.3 Å². The topological polar surface area (TPSA) is 59.9 Å². The van der Waals surface area contributed by atoms with Crippen LogP contribution in [0.15, 0.2) is 62.1 Å². The van der Waals surface area contributed by atoms with E-state index in [9.17, 15) is 4.79 Å². The molecule has 1 N–H and O–H groups in total. The largest absolute Gasteiger partial charge is 0.497 e. The fourth-order valence-corrected chi connectivity index (χ4v) is 3.39. The van der Waals surface area contributed by atoms with Crippen LogP contribution in [0.5, 0.6) is 11.5 Å². The number of amides is 1. The van der Waals surface area contributed by atoms with Crippen molar-refractivity contribution in [1.29, 1.82) is 0 Å². The summed E-state index contributed by atoms with van der Waals surface area (Å²) in [7, 11) is 1.58. The van der Waals surface area contributed by atoms with E-state index in [1.54, 1.807) is 25.5 Å². The molecule has 1 amide bonds. The second-order valence-corrected chi connectivity index (χ2v) is 7.01. The molecule has 26 heavy (non-hydrogen) atoms. The summed E-state index contributed by atoms with van der Waals surface area (Å²) in [5, 5.41) is 3.94. The molecule has 0 spiro atoms. The van der Waals surface area contributed by atoms with Crippen molar-refractivity contribution >= 4 is 50.1 Å². The van der Waals surface area contributed by atoms with Crippen molar-refractivity contribution in [1.82, 2.24) is 5.43 Å². The second-order valence-electron chi connectivity index (χ2n) is 5.30. The molecule has 5 nitrogen and oxygen atoms in total. The Morgan fingerprint density at radius 3 is 2.46 bits per heavy atom. The summed E-state index contributed by atoms with van der Waals surface area (Å²) in [4.78, 5) is 11.9. The van der Waals surface area contributed by atoms with Crippen LogP contribution >= 0.6 is 31.9 Å². The zero-order chi connectivity index (χ0) is 18.9. The number of halogens is 2. The van der Waals surface area contributed by atoms with Crippen molar-refractivity contribution < 1.29 is 14.3 Å². The van der Waals surface area contributed by atoms with E-state index in [1.165, 1.54) is 0 Å². The molecule has 0 aromatic heterocycles. The number of carbonyl (C=O) groups excluding carboxylic acids is 1. The predicted octanol–water partition coefficient (Wildman–Crippen LogP) is 4.80. The number of carbonyl (C=O) groups is 1. The first-order valence-electron chi connectivity index (χ1n) is 7.70. The first-order valence-corrected chi connectivity index (χ1v) is 9.29. The lowest BCUT2D eigenvalue weighted by Gasteiger charge is -2.11. The van der Waals surface area contributed by atoms with Gasteiger partial charge in [-0.15, -0.1) is 0 Å². The van der Waals surface area contributed by atoms with Crippen LogP contribution in [0.4, 0.5) is 0 Å². The van der Waals surface area contributed by atoms with Crippen LogP contribution in [0, 0.1) is 0 Å². The van der Waals surface area contributed by atoms with Crippen LogP contribution in [0.25, 0.3) is 6.08 Å². The Morgan fingerprint density at radius 1 is 1.19 bits per heavy atom. The van der Waals surface area contributed by atoms with Gasteiger partial charge in [0, 0.05) is 0 Å². The molecule has 2 aromatic rings. The third kappa shape index (κ3) is 6.31. The Balaban J connectivity index is 1.87. The molecule has 0 unspecified atom stereocenters. The smallest absolute Gasteiger partial charge is 0.277 e. The van der Waals surface area contributed by atoms with Gasteiger partial charge in [-0.25, -0.2) is 5.43 Å². The summed E-state index contributed by atoms with van der Waals surface area (Å²) in [6, 6.07) is 13.4. The first-order chi connectivity index (χ1) is 12.5. The molecule has 0 heterocycles. The first kappa shape index (κ1) is 20.2. The normalized spacial score (nSPS) is 11.5. The van der Waals surface area contributed by atoms with Gasteiger partial charge in [0.1, 0.15) is 11.5 Å². The lowest BCUT2D eigenvalue weighted by atomic mass is 10.1. The van der Waals surface area contributed by atoms with Gasteiger partial charge in [0.25, 0.3) is 5.91 Å². The standard InChI is InChI=1S/C19H18Br2N2O3/c1-13(8-14-6-4-3-5-7-14)11-22-23-18(24)12-26-19-16(20)9-15(25-2)10-17(19)21/h3-11H,12H2,1-2H3,(H,23,24). The van der Waals surface area contributed by atoms with Crippen molar-refractivity contribution in [3.8, 4) is 11.5 Å². The molecule has 0 radical (unpaired) electrons. The van der Waals surface area contributed by atoms with Crippen molar-refractivity contribution in [3.63, 3.8) is 0 Å². The highest BCUT2D eigenvalue weighted by Crippen LogP contribution is 2.37. The summed E-state index contributed by atoms with van der Waals surface area (Å²) in [5.74, 6) is 0.833. The third-order valence-corrected chi connectivity index (χ3v) is 4.38. The average molecular weight is 482 g/mol. The Bertz CT molecular complexity index is 798. The molecule has 0 aliphatic heterocycles. The number of benzene rings is 2. The summed E-state index contributed by atoms with van der Waals surface area (Å²) < 4.78 is 12.1. The van der Waals surface area contributed by atoms with E-state index < -0.39 is 0 Å². The molecule has 0 saturated carbocycles. The molecule has 0 bridgehead atoms. The van der Waals surface area contributed by atoms with Gasteiger partial charge in [0.05, 0.1) is 22.3 Å². The zero-order valence-electron chi connectivity index (χ0n) is 14.3. The minimum absolute atomic E-state index is 0.164. The zero-order valence-corrected chi connectivity index (χ0v) is 17.5. The van der Waals surface area contributed by atoms with Gasteiger partial charge >= 0.3 is 0 Å². The molecule has 136 valence electrons. The van der Waals surface area contributed by atoms with Crippen molar-refractivity contribution in [2.75, 3.05) is 13.7 Å². The van der Waals surface area contributed by atoms with Crippen molar-refractivity contribution in [2.24, 2.45) is 5.10 Å². The molecular weight excluding hydrogens is 464 g/mol. The van der Waals surface area contributed by atoms with Crippen LogP contribution in [0.2, 0.25) is 0 Å². The predicted molar refractivity (Wildman–Crippen MR) is 111 cm³/mol. The highest BCUT2D eigenvalue weighted by molar-refractivity contribution is 9.11. The van der Waals surface area contributed by atoms with E-state index in [2.05, 4.69) is 42.4 Å². The van der Waals surface area contributed by atoms with Gasteiger partial charge in [-0.05, 0) is 62.1 Å². The Kier molecular flexibility index (Phi) is 7.87. The maximum Gasteiger partial charge on any atom is 0.277 e. The quantitative estimate of drug-likeness (QED) is 0.456. The number of hydrazone groups is 1. The Hall–Kier alpha value is -2.12. The number of nitrogens with zero attached hydrogens (tertiary/aromatic N) is 1. The number of hydrogen-bond donors (Lipinski definition) is 1. The van der Waals surface area contributed by atoms with Gasteiger partial charge in [-0.1, -0.05) is 36.4 Å². The molecule has 0 aliphatic rings. The number of hydrogen-bond acceptors (Lipinski definition) is 4. The lowest BCUT2D eigenvalue weighted by molar-refractivity contribution is -0.123. The van der Waals surface area contributed by atoms with Crippen LogP contribution in [0.3, 0.4) is 0 Å². The fourth-order valence-electron chi connectivity index (χ4n) is 2.02. The van der Waals surface area contributed by atoms with Gasteiger partial charge in [-0.3, -0.25) is 4.79 Å². The van der Waals surface area contributed by atoms with Gasteiger partial charge < -0.3 is 9.47 Å². The second kappa shape index (κ2) is 10.1. The van der Waals surface area contributed by atoms with E-state index in [0.29, 0.717) is 20.4 Å². The minimum atomic E-state index is -0.358. The maximum absolute atomic E-state index is 11.9. The number of rotatable bonds is 7. The van der Waals surface area contributed by atoms with E-state index in [0.717, 1.165) is 11.1 Å². The summed E-state index contributed by atoms with van der Waals surface area (Å²) in [5.41, 5.74) is 4.43. The molecule has 0 atom stereocenters. The Morgan fingerprint density at radius 2 is 1.85 bits per heavy atom. The van der Waals surface area contributed by atoms with Gasteiger partial charge in [0.2, 0.25) is 0 Å². The van der Waals surface area contributed by atoms with Gasteiger partial charge in [-0.2, -0.15) is 5.10 Å². The fraction of sp³-hybridized carbons (Fsp3) is 0.158. The molecular formula is C19H18Br2N2O3. The third-order valence-electron chi connectivity index (χ3n) is 3.21. The highest BCUT2D eigenvalue weighted by Gasteiger charge is 2.11. The Labute approximate surface area is 169 Å². The number of nitrogens with one attached hydrogen (secondary N) is 1. The van der Waals surface area contributed by atoms with Crippen LogP contribution in [-0.4, -0.2) is 25.8 Å². The van der Waals surface area contributed by atoms with E-state index >= 15 is 0 Å². The van der Waals surface area contributed by atoms with Crippen molar-refractivity contribution in [2.45, 2.75) is 6.92 Å². The summed E-state index contributed by atoms with van der Waals surface area (Å²) in [6.45, 7) is 1.74. The van der Waals surface area contributed by atoms with Gasteiger partial charge in [0.15, 0.2) is 6.61 Å². The number of ether oxygens (including phenoxy) is 2. The molecule has 2 rings (SSSR count). The van der Waals surface area contributed by atoms with E-state index in [4.69, 9.17) is 9.47 Å². The number of methoxy groups -OCH3 is 1. The number of allylic oxidation sites excluding steroid dienone is 1. The summed E-state index contributed by atoms with van der Waals surface area (Å²) >= 11 is 6.78. The minimum Gasteiger partial charge on any atom is -0.497 e. The molecule has 0 fully saturated rings. The van der Waals surface area contributed by atoms with Crippen molar-refractivity contribution in [3.05, 3.63) is 62.5 Å². The van der Waals surface area contributed by atoms with Crippen LogP contribution in [-0.2, 0) is 4.79 Å². The highest BCUT2D eigenvalue weighted by atomic mass is 79.9. The molecule has 0 aliphatic carbocycles. The summed E-state index contributed by atoms with van der Waals surface area (Å²) in [6.07, 6.45) is 3.56. The average Bonchev–Trinajstić information content (AvgIpc) is 2.61. The molecule has 7 heteroatoms. The molecule has 2 aromatic carbocycles. The van der Waals surface area contributed by atoms with E-state index in [-0.39, 0.29) is 12.5 Å². The maximum atomic E-state index is 11.9. The lowest BCUT2D eigenvalue weighted by Crippen LogP contribution is -2.24. The SMILES string of the molecule is COc1cc(Br)c(OCC(=O)NN=CC(C)=Cc2ccccc2)c(Br)c1.